The van der Waals surface area contributed by atoms with Crippen molar-refractivity contribution in [2.75, 3.05) is 9.80 Å². The molecule has 0 aliphatic carbocycles. The van der Waals surface area contributed by atoms with E-state index in [1.54, 1.807) is 0 Å². The van der Waals surface area contributed by atoms with Gasteiger partial charge in [0.05, 0.1) is 22.7 Å². The van der Waals surface area contributed by atoms with E-state index in [-0.39, 0.29) is 5.41 Å². The summed E-state index contributed by atoms with van der Waals surface area (Å²) in [5.74, 6) is 1.75. The Morgan fingerprint density at radius 1 is 0.480 bits per heavy atom. The first-order chi connectivity index (χ1) is 24.6. The molecule has 50 heavy (non-hydrogen) atoms. The van der Waals surface area contributed by atoms with Crippen molar-refractivity contribution in [3.05, 3.63) is 181 Å². The molecule has 3 heteroatoms. The van der Waals surface area contributed by atoms with Crippen LogP contribution < -0.4 is 14.5 Å². The second kappa shape index (κ2) is 10.8. The minimum absolute atomic E-state index is 0.247. The van der Waals surface area contributed by atoms with Crippen LogP contribution >= 0.6 is 0 Å². The molecule has 0 saturated heterocycles. The third-order valence-electron chi connectivity index (χ3n) is 10.6. The molecule has 8 aromatic rings. The van der Waals surface area contributed by atoms with Gasteiger partial charge in [0.15, 0.2) is 11.5 Å². The Hall–Kier alpha value is -6.32. The maximum Gasteiger partial charge on any atom is 0.152 e. The smallest absolute Gasteiger partial charge is 0.152 e. The molecule has 0 amide bonds. The fourth-order valence-electron chi connectivity index (χ4n) is 8.14. The van der Waals surface area contributed by atoms with Crippen LogP contribution in [-0.4, -0.2) is 0 Å². The average Bonchev–Trinajstić information content (AvgIpc) is 3.17. The summed E-state index contributed by atoms with van der Waals surface area (Å²) < 4.78 is 6.70. The summed E-state index contributed by atoms with van der Waals surface area (Å²) in [5.41, 5.74) is 11.4. The highest BCUT2D eigenvalue weighted by molar-refractivity contribution is 6.07. The Labute approximate surface area is 292 Å². The molecule has 0 spiro atoms. The molecule has 0 N–H and O–H groups in total. The van der Waals surface area contributed by atoms with E-state index in [0.29, 0.717) is 0 Å². The van der Waals surface area contributed by atoms with E-state index in [1.807, 2.05) is 0 Å². The minimum Gasteiger partial charge on any atom is -0.453 e. The van der Waals surface area contributed by atoms with Gasteiger partial charge in [-0.15, -0.1) is 0 Å². The second-order valence-corrected chi connectivity index (χ2v) is 13.8. The van der Waals surface area contributed by atoms with E-state index >= 15 is 0 Å². The van der Waals surface area contributed by atoms with E-state index < -0.39 is 0 Å². The van der Waals surface area contributed by atoms with Crippen LogP contribution in [0, 0.1) is 0 Å². The Morgan fingerprint density at radius 3 is 1.94 bits per heavy atom. The first-order valence-corrected chi connectivity index (χ1v) is 17.3. The van der Waals surface area contributed by atoms with Crippen molar-refractivity contribution in [1.29, 1.82) is 0 Å². The van der Waals surface area contributed by atoms with E-state index in [4.69, 9.17) is 4.74 Å². The largest absolute Gasteiger partial charge is 0.453 e. The van der Waals surface area contributed by atoms with Crippen molar-refractivity contribution in [3.63, 3.8) is 0 Å². The summed E-state index contributed by atoms with van der Waals surface area (Å²) in [6.07, 6.45) is 0. The van der Waals surface area contributed by atoms with E-state index in [2.05, 4.69) is 194 Å². The minimum atomic E-state index is -0.247. The van der Waals surface area contributed by atoms with Crippen molar-refractivity contribution in [2.45, 2.75) is 19.3 Å². The monoisotopic (exact) mass is 642 g/mol. The number of rotatable bonds is 4. The fourth-order valence-corrected chi connectivity index (χ4v) is 8.14. The molecule has 238 valence electrons. The summed E-state index contributed by atoms with van der Waals surface area (Å²) in [4.78, 5) is 4.88. The van der Waals surface area contributed by atoms with Crippen LogP contribution in [-0.2, 0) is 5.41 Å². The predicted molar refractivity (Wildman–Crippen MR) is 208 cm³/mol. The molecule has 3 nitrogen and oxygen atoms in total. The number of para-hydroxylation sites is 1. The third-order valence-corrected chi connectivity index (χ3v) is 10.6. The lowest BCUT2D eigenvalue weighted by molar-refractivity contribution is 0.472. The zero-order valence-corrected chi connectivity index (χ0v) is 28.0. The summed E-state index contributed by atoms with van der Waals surface area (Å²) in [6, 6.07) is 61.2. The second-order valence-electron chi connectivity index (χ2n) is 13.8. The number of benzene rings is 8. The predicted octanol–water partition coefficient (Wildman–Crippen LogP) is 13.3. The van der Waals surface area contributed by atoms with Gasteiger partial charge in [0, 0.05) is 27.6 Å². The Morgan fingerprint density at radius 2 is 1.12 bits per heavy atom. The van der Waals surface area contributed by atoms with Gasteiger partial charge in [0.1, 0.15) is 0 Å². The lowest BCUT2D eigenvalue weighted by Crippen LogP contribution is -2.32. The van der Waals surface area contributed by atoms with Gasteiger partial charge in [-0.25, -0.2) is 0 Å². The van der Waals surface area contributed by atoms with Gasteiger partial charge in [0.25, 0.3) is 0 Å². The third kappa shape index (κ3) is 4.23. The fraction of sp³-hybridized carbons (Fsp3) is 0.0638. The van der Waals surface area contributed by atoms with Crippen LogP contribution in [0.25, 0.3) is 32.7 Å². The molecular formula is C47H34N2O. The summed E-state index contributed by atoms with van der Waals surface area (Å²) in [5, 5.41) is 4.77. The summed E-state index contributed by atoms with van der Waals surface area (Å²) in [7, 11) is 0. The van der Waals surface area contributed by atoms with Crippen LogP contribution in [0.2, 0.25) is 0 Å². The lowest BCUT2D eigenvalue weighted by Gasteiger charge is -2.45. The molecule has 2 aliphatic heterocycles. The van der Waals surface area contributed by atoms with Gasteiger partial charge in [-0.3, -0.25) is 0 Å². The Bertz CT molecular complexity index is 2600. The summed E-state index contributed by atoms with van der Waals surface area (Å²) in [6.45, 7) is 4.67. The van der Waals surface area contributed by atoms with Gasteiger partial charge in [0.2, 0.25) is 0 Å². The molecule has 2 heterocycles. The van der Waals surface area contributed by atoms with E-state index in [9.17, 15) is 0 Å². The molecular weight excluding hydrogens is 609 g/mol. The molecule has 8 aromatic carbocycles. The van der Waals surface area contributed by atoms with Crippen LogP contribution in [0.4, 0.5) is 34.1 Å². The first-order valence-electron chi connectivity index (χ1n) is 17.3. The molecule has 10 rings (SSSR count). The molecule has 2 aliphatic rings. The highest BCUT2D eigenvalue weighted by Gasteiger charge is 2.42. The van der Waals surface area contributed by atoms with Gasteiger partial charge in [-0.1, -0.05) is 141 Å². The molecule has 0 saturated carbocycles. The highest BCUT2D eigenvalue weighted by atomic mass is 16.5. The van der Waals surface area contributed by atoms with Crippen molar-refractivity contribution in [3.8, 4) is 22.6 Å². The van der Waals surface area contributed by atoms with Crippen LogP contribution in [0.3, 0.4) is 0 Å². The first kappa shape index (κ1) is 28.7. The van der Waals surface area contributed by atoms with E-state index in [0.717, 1.165) is 39.9 Å². The molecule has 0 unspecified atom stereocenters. The van der Waals surface area contributed by atoms with Crippen LogP contribution in [0.1, 0.15) is 25.0 Å². The van der Waals surface area contributed by atoms with Gasteiger partial charge < -0.3 is 14.5 Å². The molecule has 0 aromatic heterocycles. The number of ether oxygens (including phenoxy) is 1. The van der Waals surface area contributed by atoms with Crippen molar-refractivity contribution < 1.29 is 4.74 Å². The molecule has 0 radical (unpaired) electrons. The topological polar surface area (TPSA) is 15.7 Å². The van der Waals surface area contributed by atoms with Crippen molar-refractivity contribution in [2.24, 2.45) is 0 Å². The number of anilines is 6. The number of nitrogens with zero attached hydrogens (tertiary/aromatic N) is 2. The van der Waals surface area contributed by atoms with Gasteiger partial charge >= 0.3 is 0 Å². The number of hydrogen-bond donors (Lipinski definition) is 0. The van der Waals surface area contributed by atoms with Crippen molar-refractivity contribution >= 4 is 55.7 Å². The zero-order valence-electron chi connectivity index (χ0n) is 28.0. The van der Waals surface area contributed by atoms with Crippen LogP contribution in [0.5, 0.6) is 11.5 Å². The summed E-state index contributed by atoms with van der Waals surface area (Å²) >= 11 is 0. The molecule has 0 fully saturated rings. The SMILES string of the molecule is CC1(C)c2ccc(N(c3ccc(-c4ccccc4)cc3)c3cccc4ccccc34)cc2N2c3c(cccc31)Oc1ccc3ccccc3c12. The highest BCUT2D eigenvalue weighted by Crippen LogP contribution is 2.61. The molecule has 0 bridgehead atoms. The Balaban J connectivity index is 1.23. The normalized spacial score (nSPS) is 13.7. The molecule has 0 atom stereocenters. The zero-order chi connectivity index (χ0) is 33.4. The number of hydrogen-bond acceptors (Lipinski definition) is 3. The van der Waals surface area contributed by atoms with Gasteiger partial charge in [-0.05, 0) is 75.5 Å². The number of fused-ring (bicyclic) bond motifs is 7. The van der Waals surface area contributed by atoms with E-state index in [1.165, 1.54) is 49.5 Å². The maximum atomic E-state index is 6.70. The average molecular weight is 643 g/mol. The van der Waals surface area contributed by atoms with Crippen molar-refractivity contribution in [1.82, 2.24) is 0 Å². The van der Waals surface area contributed by atoms with Crippen LogP contribution in [0.15, 0.2) is 170 Å². The quantitative estimate of drug-likeness (QED) is 0.190. The Kier molecular flexibility index (Phi) is 6.22. The standard InChI is InChI=1S/C47H34N2O/c1-47(2)39-28-27-36(30-42(39)49-45-38-18-9-7-15-34(38)24-29-44(45)50-43-21-11-19-40(47)46(43)49)48(41-20-10-16-33-14-6-8-17-37(33)41)35-25-22-32(23-26-35)31-12-4-3-5-13-31/h3-30H,1-2H3. The lowest BCUT2D eigenvalue weighted by atomic mass is 9.73. The van der Waals surface area contributed by atoms with Gasteiger partial charge in [-0.2, -0.15) is 0 Å². The maximum absolute atomic E-state index is 6.70.